The molecule has 5 rings (SSSR count). The molecule has 0 spiro atoms. The van der Waals surface area contributed by atoms with Crippen LogP contribution in [0, 0.1) is 34.5 Å². The Morgan fingerprint density at radius 2 is 2.00 bits per heavy atom. The van der Waals surface area contributed by atoms with Crippen molar-refractivity contribution in [2.24, 2.45) is 34.5 Å². The summed E-state index contributed by atoms with van der Waals surface area (Å²) in [7, 11) is 1.73. The molecule has 152 valence electrons. The second-order valence-electron chi connectivity index (χ2n) is 10.3. The fourth-order valence-corrected chi connectivity index (χ4v) is 7.67. The summed E-state index contributed by atoms with van der Waals surface area (Å²) in [4.78, 5) is 4.45. The fraction of sp³-hybridized carbons (Fsp3) is 0.720. The topological polar surface area (TPSA) is 31.4 Å². The summed E-state index contributed by atoms with van der Waals surface area (Å²) in [6.07, 6.45) is 15.7. The Kier molecular flexibility index (Phi) is 4.58. The minimum absolute atomic E-state index is 0.291. The minimum atomic E-state index is 0.291. The number of rotatable bonds is 2. The van der Waals surface area contributed by atoms with Crippen molar-refractivity contribution in [3.63, 3.8) is 0 Å². The van der Waals surface area contributed by atoms with E-state index in [-0.39, 0.29) is 0 Å². The molecule has 6 atom stereocenters. The highest BCUT2D eigenvalue weighted by Crippen LogP contribution is 2.66. The van der Waals surface area contributed by atoms with Crippen molar-refractivity contribution < 1.29 is 9.47 Å². The Morgan fingerprint density at radius 1 is 1.11 bits per heavy atom. The van der Waals surface area contributed by atoms with E-state index in [2.05, 4.69) is 31.0 Å². The average molecular weight is 382 g/mol. The third-order valence-corrected chi connectivity index (χ3v) is 9.23. The van der Waals surface area contributed by atoms with Gasteiger partial charge in [-0.1, -0.05) is 19.9 Å². The molecule has 0 bridgehead atoms. The van der Waals surface area contributed by atoms with Crippen LogP contribution in [0.2, 0.25) is 0 Å². The van der Waals surface area contributed by atoms with E-state index in [1.807, 2.05) is 12.4 Å². The Hall–Kier alpha value is -1.35. The van der Waals surface area contributed by atoms with Crippen molar-refractivity contribution in [3.05, 3.63) is 30.1 Å². The number of hydrogen-bond donors (Lipinski definition) is 0. The zero-order valence-electron chi connectivity index (χ0n) is 17.7. The fourth-order valence-electron chi connectivity index (χ4n) is 7.67. The van der Waals surface area contributed by atoms with Gasteiger partial charge in [0.2, 0.25) is 0 Å². The van der Waals surface area contributed by atoms with E-state index in [1.54, 1.807) is 7.11 Å². The predicted octanol–water partition coefficient (Wildman–Crippen LogP) is 5.75. The Morgan fingerprint density at radius 3 is 2.86 bits per heavy atom. The van der Waals surface area contributed by atoms with Gasteiger partial charge in [-0.25, -0.2) is 0 Å². The van der Waals surface area contributed by atoms with Crippen LogP contribution in [0.15, 0.2) is 24.5 Å². The largest absolute Gasteiger partial charge is 0.495 e. The van der Waals surface area contributed by atoms with Crippen LogP contribution in [0.4, 0.5) is 0 Å². The van der Waals surface area contributed by atoms with Gasteiger partial charge in [-0.15, -0.1) is 0 Å². The molecule has 1 aromatic heterocycles. The van der Waals surface area contributed by atoms with E-state index in [0.717, 1.165) is 42.6 Å². The molecule has 3 heteroatoms. The lowest BCUT2D eigenvalue weighted by atomic mass is 9.46. The van der Waals surface area contributed by atoms with Crippen molar-refractivity contribution in [2.45, 2.75) is 58.8 Å². The lowest BCUT2D eigenvalue weighted by Crippen LogP contribution is -2.51. The molecule has 1 unspecified atom stereocenters. The normalized spacial score (nSPS) is 42.6. The number of pyridine rings is 1. The number of ether oxygens (including phenoxy) is 2. The molecule has 1 aliphatic heterocycles. The van der Waals surface area contributed by atoms with Gasteiger partial charge in [-0.05, 0) is 96.7 Å². The molecular formula is C25H35NO2. The van der Waals surface area contributed by atoms with Crippen molar-refractivity contribution in [2.75, 3.05) is 20.3 Å². The quantitative estimate of drug-likeness (QED) is 0.653. The summed E-state index contributed by atoms with van der Waals surface area (Å²) < 4.78 is 11.4. The first-order valence-corrected chi connectivity index (χ1v) is 11.3. The highest BCUT2D eigenvalue weighted by molar-refractivity contribution is 5.73. The Bertz CT molecular complexity index is 774. The van der Waals surface area contributed by atoms with E-state index in [1.165, 1.54) is 56.1 Å². The maximum absolute atomic E-state index is 5.98. The van der Waals surface area contributed by atoms with E-state index in [4.69, 9.17) is 9.47 Å². The summed E-state index contributed by atoms with van der Waals surface area (Å²) in [6.45, 7) is 7.12. The van der Waals surface area contributed by atoms with Crippen LogP contribution in [-0.4, -0.2) is 25.3 Å². The molecule has 0 N–H and O–H groups in total. The Balaban J connectivity index is 1.44. The molecule has 28 heavy (non-hydrogen) atoms. The molecule has 4 aliphatic rings. The van der Waals surface area contributed by atoms with E-state index in [0.29, 0.717) is 10.8 Å². The summed E-state index contributed by atoms with van der Waals surface area (Å²) >= 11 is 0. The first kappa shape index (κ1) is 18.7. The summed E-state index contributed by atoms with van der Waals surface area (Å²) in [6, 6.07) is 2.18. The number of methoxy groups -OCH3 is 1. The van der Waals surface area contributed by atoms with Gasteiger partial charge in [-0.2, -0.15) is 0 Å². The minimum Gasteiger partial charge on any atom is -0.495 e. The average Bonchev–Trinajstić information content (AvgIpc) is 2.94. The van der Waals surface area contributed by atoms with Gasteiger partial charge in [-0.3, -0.25) is 4.98 Å². The van der Waals surface area contributed by atoms with Gasteiger partial charge in [0.25, 0.3) is 0 Å². The number of nitrogens with zero attached hydrogens (tertiary/aromatic N) is 1. The van der Waals surface area contributed by atoms with Crippen LogP contribution in [0.3, 0.4) is 0 Å². The van der Waals surface area contributed by atoms with Crippen molar-refractivity contribution in [1.29, 1.82) is 0 Å². The predicted molar refractivity (Wildman–Crippen MR) is 112 cm³/mol. The maximum Gasteiger partial charge on any atom is 0.137 e. The monoisotopic (exact) mass is 381 g/mol. The van der Waals surface area contributed by atoms with Crippen molar-refractivity contribution in [1.82, 2.24) is 4.98 Å². The Labute approximate surface area is 169 Å². The van der Waals surface area contributed by atoms with Crippen LogP contribution in [-0.2, 0) is 4.74 Å². The van der Waals surface area contributed by atoms with Gasteiger partial charge in [0.15, 0.2) is 0 Å². The first-order valence-electron chi connectivity index (χ1n) is 11.3. The molecule has 3 nitrogen and oxygen atoms in total. The van der Waals surface area contributed by atoms with E-state index in [9.17, 15) is 0 Å². The molecular weight excluding hydrogens is 346 g/mol. The van der Waals surface area contributed by atoms with Crippen molar-refractivity contribution in [3.8, 4) is 5.75 Å². The van der Waals surface area contributed by atoms with Gasteiger partial charge in [0.05, 0.1) is 13.3 Å². The van der Waals surface area contributed by atoms with Crippen molar-refractivity contribution >= 4 is 5.57 Å². The second kappa shape index (κ2) is 6.86. The van der Waals surface area contributed by atoms with Gasteiger partial charge in [0.1, 0.15) is 5.75 Å². The summed E-state index contributed by atoms with van der Waals surface area (Å²) in [5.74, 6) is 4.17. The molecule has 0 radical (unpaired) electrons. The zero-order chi connectivity index (χ0) is 19.4. The van der Waals surface area contributed by atoms with E-state index < -0.39 is 0 Å². The number of aromatic nitrogens is 1. The zero-order valence-corrected chi connectivity index (χ0v) is 17.7. The van der Waals surface area contributed by atoms with Crippen LogP contribution in [0.25, 0.3) is 5.57 Å². The molecule has 2 heterocycles. The van der Waals surface area contributed by atoms with Gasteiger partial charge < -0.3 is 9.47 Å². The highest BCUT2D eigenvalue weighted by atomic mass is 16.5. The standard InChI is InChI=1S/C25H35NO2/c1-24-10-4-12-28-16-18(24)5-6-20-22-8-7-21(25(22,2)11-9-23(20)24)17-13-19(27-3)15-26-14-17/h7,13-15,18,20,22-23H,4-6,8-12,16H2,1-3H3/t18-,20-,22-,23?,24-,25+/m0/s1. The summed E-state index contributed by atoms with van der Waals surface area (Å²) in [5, 5.41) is 0. The third kappa shape index (κ3) is 2.69. The lowest BCUT2D eigenvalue weighted by Gasteiger charge is -2.58. The molecule has 1 saturated heterocycles. The molecule has 0 amide bonds. The lowest BCUT2D eigenvalue weighted by molar-refractivity contribution is -0.0884. The van der Waals surface area contributed by atoms with Crippen LogP contribution >= 0.6 is 0 Å². The second-order valence-corrected chi connectivity index (χ2v) is 10.3. The molecule has 1 aromatic rings. The molecule has 3 fully saturated rings. The summed E-state index contributed by atoms with van der Waals surface area (Å²) in [5.41, 5.74) is 3.57. The van der Waals surface area contributed by atoms with Crippen LogP contribution < -0.4 is 4.74 Å². The number of fused-ring (bicyclic) bond motifs is 5. The highest BCUT2D eigenvalue weighted by Gasteiger charge is 2.57. The molecule has 3 aliphatic carbocycles. The number of hydrogen-bond acceptors (Lipinski definition) is 3. The van der Waals surface area contributed by atoms with E-state index >= 15 is 0 Å². The van der Waals surface area contributed by atoms with Gasteiger partial charge >= 0.3 is 0 Å². The molecule has 0 aromatic carbocycles. The number of allylic oxidation sites excluding steroid dienone is 2. The SMILES string of the molecule is COc1cncc(C2=CC[C@H]3[C@@H]4CC[C@H]5COCCC[C@]5(C)C4CC[C@]23C)c1. The third-order valence-electron chi connectivity index (χ3n) is 9.23. The first-order chi connectivity index (χ1) is 13.6. The van der Waals surface area contributed by atoms with Gasteiger partial charge in [0, 0.05) is 19.4 Å². The van der Waals surface area contributed by atoms with Crippen LogP contribution in [0.5, 0.6) is 5.75 Å². The van der Waals surface area contributed by atoms with Crippen LogP contribution in [0.1, 0.15) is 64.4 Å². The molecule has 2 saturated carbocycles. The maximum atomic E-state index is 5.98. The smallest absolute Gasteiger partial charge is 0.137 e.